The van der Waals surface area contributed by atoms with Gasteiger partial charge in [0.15, 0.2) is 0 Å². The van der Waals surface area contributed by atoms with Gasteiger partial charge in [-0.25, -0.2) is 0 Å². The highest BCUT2D eigenvalue weighted by molar-refractivity contribution is 9.10. The van der Waals surface area contributed by atoms with E-state index in [9.17, 15) is 10.1 Å². The molecule has 1 fully saturated rings. The van der Waals surface area contributed by atoms with Crippen LogP contribution in [0.1, 0.15) is 6.42 Å². The molecule has 0 radical (unpaired) electrons. The van der Waals surface area contributed by atoms with Gasteiger partial charge in [-0.05, 0) is 46.6 Å². The fourth-order valence-electron chi connectivity index (χ4n) is 2.75. The lowest BCUT2D eigenvalue weighted by Gasteiger charge is -2.23. The van der Waals surface area contributed by atoms with Gasteiger partial charge >= 0.3 is 5.69 Å². The second-order valence-corrected chi connectivity index (χ2v) is 6.71. The minimum Gasteiger partial charge on any atom is -0.449 e. The summed E-state index contributed by atoms with van der Waals surface area (Å²) in [6.45, 7) is 2.92. The van der Waals surface area contributed by atoms with Gasteiger partial charge in [0.05, 0.1) is 22.1 Å². The maximum atomic E-state index is 11.7. The molecule has 2 N–H and O–H groups in total. The lowest BCUT2D eigenvalue weighted by molar-refractivity contribution is -0.384. The Kier molecular flexibility index (Phi) is 6.43. The Balaban J connectivity index is 1.76. The maximum Gasteiger partial charge on any atom is 0.335 e. The Morgan fingerprint density at radius 3 is 2.81 bits per heavy atom. The summed E-state index contributed by atoms with van der Waals surface area (Å²) in [6.07, 6.45) is 0.875. The number of nitrogens with one attached hydrogen (secondary N) is 2. The molecule has 0 saturated carbocycles. The van der Waals surface area contributed by atoms with Crippen LogP contribution in [0.15, 0.2) is 46.9 Å². The van der Waals surface area contributed by atoms with Crippen LogP contribution in [-0.2, 0) is 4.74 Å². The highest BCUT2D eigenvalue weighted by Crippen LogP contribution is 2.43. The summed E-state index contributed by atoms with van der Waals surface area (Å²) in [5.41, 5.74) is 0.332. The predicted molar refractivity (Wildman–Crippen MR) is 103 cm³/mol. The van der Waals surface area contributed by atoms with Gasteiger partial charge in [-0.15, -0.1) is 0 Å². The van der Waals surface area contributed by atoms with Crippen LogP contribution in [0.5, 0.6) is 11.5 Å². The minimum atomic E-state index is -0.427. The number of para-hydroxylation sites is 1. The molecule has 0 amide bonds. The Labute approximate surface area is 160 Å². The number of nitrogens with zero attached hydrogens (tertiary/aromatic N) is 1. The molecule has 0 aliphatic carbocycles. The van der Waals surface area contributed by atoms with Gasteiger partial charge in [-0.1, -0.05) is 18.2 Å². The molecule has 1 aliphatic heterocycles. The Bertz CT molecular complexity index is 752. The molecule has 1 aliphatic rings. The van der Waals surface area contributed by atoms with Crippen LogP contribution < -0.4 is 15.4 Å². The smallest absolute Gasteiger partial charge is 0.335 e. The molecule has 0 bridgehead atoms. The van der Waals surface area contributed by atoms with Gasteiger partial charge in [0, 0.05) is 19.6 Å². The van der Waals surface area contributed by atoms with Gasteiger partial charge in [-0.2, -0.15) is 0 Å². The molecule has 2 aromatic rings. The highest BCUT2D eigenvalue weighted by atomic mass is 79.9. The van der Waals surface area contributed by atoms with Gasteiger partial charge in [0.1, 0.15) is 11.4 Å². The van der Waals surface area contributed by atoms with Crippen molar-refractivity contribution in [1.82, 2.24) is 5.32 Å². The monoisotopic (exact) mass is 421 g/mol. The number of rotatable bonds is 7. The van der Waals surface area contributed by atoms with Crippen LogP contribution in [-0.4, -0.2) is 37.3 Å². The van der Waals surface area contributed by atoms with Gasteiger partial charge in [-0.3, -0.25) is 10.1 Å². The average Bonchev–Trinajstić information content (AvgIpc) is 2.65. The predicted octanol–water partition coefficient (Wildman–Crippen LogP) is 3.94. The molecule has 2 aromatic carbocycles. The van der Waals surface area contributed by atoms with E-state index < -0.39 is 4.92 Å². The average molecular weight is 422 g/mol. The normalized spacial score (nSPS) is 16.9. The van der Waals surface area contributed by atoms with Crippen molar-refractivity contribution in [1.29, 1.82) is 0 Å². The molecule has 0 spiro atoms. The first-order valence-corrected chi connectivity index (χ1v) is 9.20. The fraction of sp³-hybridized carbons (Fsp3) is 0.333. The van der Waals surface area contributed by atoms with Crippen LogP contribution in [0.4, 0.5) is 11.4 Å². The van der Waals surface area contributed by atoms with Gasteiger partial charge in [0.25, 0.3) is 0 Å². The molecular weight excluding hydrogens is 402 g/mol. The van der Waals surface area contributed by atoms with Crippen molar-refractivity contribution >= 4 is 27.3 Å². The summed E-state index contributed by atoms with van der Waals surface area (Å²) in [4.78, 5) is 11.3. The number of halogens is 1. The van der Waals surface area contributed by atoms with E-state index in [1.54, 1.807) is 24.3 Å². The first kappa shape index (κ1) is 18.6. The van der Waals surface area contributed by atoms with Crippen LogP contribution >= 0.6 is 15.9 Å². The van der Waals surface area contributed by atoms with E-state index in [1.807, 2.05) is 18.2 Å². The van der Waals surface area contributed by atoms with Crippen molar-refractivity contribution in [3.63, 3.8) is 0 Å². The van der Waals surface area contributed by atoms with Crippen LogP contribution in [0, 0.1) is 10.1 Å². The number of nitro groups is 1. The summed E-state index contributed by atoms with van der Waals surface area (Å²) in [7, 11) is 0. The lowest BCUT2D eigenvalue weighted by Crippen LogP contribution is -2.39. The van der Waals surface area contributed by atoms with E-state index in [0.29, 0.717) is 29.1 Å². The molecule has 8 heteroatoms. The Morgan fingerprint density at radius 2 is 2.12 bits per heavy atom. The minimum absolute atomic E-state index is 0.0917. The first-order chi connectivity index (χ1) is 12.6. The van der Waals surface area contributed by atoms with Crippen molar-refractivity contribution in [2.45, 2.75) is 12.5 Å². The summed E-state index contributed by atoms with van der Waals surface area (Å²) >= 11 is 3.35. The zero-order valence-electron chi connectivity index (χ0n) is 14.1. The van der Waals surface area contributed by atoms with Gasteiger partial charge < -0.3 is 20.1 Å². The fourth-order valence-corrected chi connectivity index (χ4v) is 3.15. The Morgan fingerprint density at radius 1 is 1.31 bits per heavy atom. The third-order valence-corrected chi connectivity index (χ3v) is 4.64. The van der Waals surface area contributed by atoms with Crippen LogP contribution in [0.3, 0.4) is 0 Å². The summed E-state index contributed by atoms with van der Waals surface area (Å²) in [5.74, 6) is 0.719. The van der Waals surface area contributed by atoms with Crippen molar-refractivity contribution in [3.05, 3.63) is 57.1 Å². The van der Waals surface area contributed by atoms with Crippen molar-refractivity contribution < 1.29 is 14.4 Å². The third-order valence-electron chi connectivity index (χ3n) is 4.02. The van der Waals surface area contributed by atoms with E-state index in [2.05, 4.69) is 26.6 Å². The lowest BCUT2D eigenvalue weighted by atomic mass is 10.2. The second-order valence-electron chi connectivity index (χ2n) is 5.86. The number of morpholine rings is 1. The molecule has 26 heavy (non-hydrogen) atoms. The van der Waals surface area contributed by atoms with Crippen LogP contribution in [0.2, 0.25) is 0 Å². The van der Waals surface area contributed by atoms with Crippen molar-refractivity contribution in [2.24, 2.45) is 0 Å². The maximum absolute atomic E-state index is 11.7. The molecule has 1 saturated heterocycles. The van der Waals surface area contributed by atoms with E-state index in [-0.39, 0.29) is 17.5 Å². The number of anilines is 1. The van der Waals surface area contributed by atoms with E-state index in [1.165, 1.54) is 0 Å². The standard InChI is InChI=1S/C18H20BrN3O4/c19-15-6-7-16(21-9-8-14-12-20-10-11-25-14)17(22(23)24)18(15)26-13-4-2-1-3-5-13/h1-7,14,20-21H,8-12H2. The number of nitro benzene ring substituents is 1. The molecule has 1 heterocycles. The second kappa shape index (κ2) is 8.98. The SMILES string of the molecule is O=[N+]([O-])c1c(NCCC2CNCCO2)ccc(Br)c1Oc1ccccc1. The number of benzene rings is 2. The molecule has 3 rings (SSSR count). The van der Waals surface area contributed by atoms with E-state index in [0.717, 1.165) is 19.5 Å². The first-order valence-electron chi connectivity index (χ1n) is 8.41. The highest BCUT2D eigenvalue weighted by Gasteiger charge is 2.25. The van der Waals surface area contributed by atoms with Crippen LogP contribution in [0.25, 0.3) is 0 Å². The van der Waals surface area contributed by atoms with Crippen molar-refractivity contribution in [3.8, 4) is 11.5 Å². The summed E-state index contributed by atoms with van der Waals surface area (Å²) in [5, 5.41) is 18.1. The van der Waals surface area contributed by atoms with E-state index in [4.69, 9.17) is 9.47 Å². The zero-order chi connectivity index (χ0) is 18.4. The molecular formula is C18H20BrN3O4. The zero-order valence-corrected chi connectivity index (χ0v) is 15.7. The molecule has 1 unspecified atom stereocenters. The molecule has 7 nitrogen and oxygen atoms in total. The number of ether oxygens (including phenoxy) is 2. The van der Waals surface area contributed by atoms with E-state index >= 15 is 0 Å². The number of hydrogen-bond donors (Lipinski definition) is 2. The number of hydrogen-bond acceptors (Lipinski definition) is 6. The molecule has 1 atom stereocenters. The van der Waals surface area contributed by atoms with Gasteiger partial charge in [0.2, 0.25) is 5.75 Å². The molecule has 138 valence electrons. The molecule has 0 aromatic heterocycles. The quantitative estimate of drug-likeness (QED) is 0.520. The topological polar surface area (TPSA) is 85.7 Å². The largest absolute Gasteiger partial charge is 0.449 e. The van der Waals surface area contributed by atoms with Crippen molar-refractivity contribution in [2.75, 3.05) is 31.6 Å². The third kappa shape index (κ3) is 4.72. The summed E-state index contributed by atoms with van der Waals surface area (Å²) < 4.78 is 11.9. The summed E-state index contributed by atoms with van der Waals surface area (Å²) in [6, 6.07) is 12.4. The Hall–Kier alpha value is -2.16.